The van der Waals surface area contributed by atoms with Gasteiger partial charge in [-0.05, 0) is 11.1 Å². The molecule has 0 spiro atoms. The summed E-state index contributed by atoms with van der Waals surface area (Å²) >= 11 is 0. The average molecular weight is 348 g/mol. The third-order valence-corrected chi connectivity index (χ3v) is 4.45. The summed E-state index contributed by atoms with van der Waals surface area (Å²) in [6.07, 6.45) is -4.87. The Labute approximate surface area is 144 Å². The maximum absolute atomic E-state index is 12.7. The van der Waals surface area contributed by atoms with E-state index in [4.69, 9.17) is 0 Å². The number of rotatable bonds is 4. The lowest BCUT2D eigenvalue weighted by molar-refractivity contribution is -0.174. The fourth-order valence-corrected chi connectivity index (χ4v) is 3.29. The molecule has 0 radical (unpaired) electrons. The third kappa shape index (κ3) is 4.39. The normalized spacial score (nSPS) is 21.2. The van der Waals surface area contributed by atoms with Crippen LogP contribution >= 0.6 is 0 Å². The van der Waals surface area contributed by atoms with Crippen LogP contribution in [0.1, 0.15) is 17.0 Å². The molecule has 0 bridgehead atoms. The molecule has 1 amide bonds. The standard InChI is InChI=1S/C19H19F3N2O/c20-19(21,22)18(25)23-17-13-24(11-14-7-3-1-4-8-14)12-16(17)15-9-5-2-6-10-15/h1-10,16-17H,11-13H2,(H,23,25). The highest BCUT2D eigenvalue weighted by Gasteiger charge is 2.43. The van der Waals surface area contributed by atoms with Gasteiger partial charge in [-0.25, -0.2) is 0 Å². The van der Waals surface area contributed by atoms with Gasteiger partial charge < -0.3 is 5.32 Å². The van der Waals surface area contributed by atoms with Crippen molar-refractivity contribution in [3.8, 4) is 0 Å². The van der Waals surface area contributed by atoms with E-state index in [9.17, 15) is 18.0 Å². The van der Waals surface area contributed by atoms with Crippen LogP contribution in [0.4, 0.5) is 13.2 Å². The molecule has 1 N–H and O–H groups in total. The Balaban J connectivity index is 1.76. The zero-order valence-corrected chi connectivity index (χ0v) is 13.5. The number of nitrogens with one attached hydrogen (secondary N) is 1. The van der Waals surface area contributed by atoms with Gasteiger partial charge in [0.05, 0.1) is 0 Å². The van der Waals surface area contributed by atoms with Crippen LogP contribution < -0.4 is 5.32 Å². The number of hydrogen-bond acceptors (Lipinski definition) is 2. The van der Waals surface area contributed by atoms with Crippen LogP contribution in [0.2, 0.25) is 0 Å². The number of carbonyl (C=O) groups excluding carboxylic acids is 1. The number of benzene rings is 2. The van der Waals surface area contributed by atoms with Gasteiger partial charge in [-0.1, -0.05) is 60.7 Å². The topological polar surface area (TPSA) is 32.3 Å². The molecule has 0 aliphatic carbocycles. The van der Waals surface area contributed by atoms with Crippen molar-refractivity contribution in [2.45, 2.75) is 24.7 Å². The number of alkyl halides is 3. The second kappa shape index (κ2) is 7.27. The monoisotopic (exact) mass is 348 g/mol. The minimum Gasteiger partial charge on any atom is -0.344 e. The molecule has 1 aliphatic rings. The molecular weight excluding hydrogens is 329 g/mol. The third-order valence-electron chi connectivity index (χ3n) is 4.45. The molecule has 1 aliphatic heterocycles. The summed E-state index contributed by atoms with van der Waals surface area (Å²) in [6.45, 7) is 1.63. The zero-order chi connectivity index (χ0) is 17.9. The number of carbonyl (C=O) groups is 1. The van der Waals surface area contributed by atoms with Crippen LogP contribution in [0.5, 0.6) is 0 Å². The fraction of sp³-hybridized carbons (Fsp3) is 0.316. The molecule has 1 saturated heterocycles. The molecule has 2 unspecified atom stereocenters. The molecule has 1 heterocycles. The van der Waals surface area contributed by atoms with Gasteiger partial charge in [0.1, 0.15) is 0 Å². The number of hydrogen-bond donors (Lipinski definition) is 1. The van der Waals surface area contributed by atoms with Crippen LogP contribution in [-0.4, -0.2) is 36.1 Å². The molecule has 2 aromatic carbocycles. The zero-order valence-electron chi connectivity index (χ0n) is 13.5. The van der Waals surface area contributed by atoms with Crippen LogP contribution in [0.15, 0.2) is 60.7 Å². The Kier molecular flexibility index (Phi) is 5.08. The van der Waals surface area contributed by atoms with Crippen LogP contribution in [0.25, 0.3) is 0 Å². The average Bonchev–Trinajstić information content (AvgIpc) is 2.98. The Morgan fingerprint density at radius 3 is 2.20 bits per heavy atom. The smallest absolute Gasteiger partial charge is 0.344 e. The summed E-state index contributed by atoms with van der Waals surface area (Å²) in [6, 6.07) is 18.6. The number of nitrogens with zero attached hydrogens (tertiary/aromatic N) is 1. The van der Waals surface area contributed by atoms with Gasteiger partial charge in [-0.3, -0.25) is 9.69 Å². The van der Waals surface area contributed by atoms with E-state index in [0.29, 0.717) is 19.6 Å². The first-order valence-corrected chi connectivity index (χ1v) is 8.12. The molecule has 3 rings (SSSR count). The van der Waals surface area contributed by atoms with Crippen LogP contribution in [-0.2, 0) is 11.3 Å². The predicted molar refractivity (Wildman–Crippen MR) is 88.9 cm³/mol. The van der Waals surface area contributed by atoms with E-state index in [-0.39, 0.29) is 5.92 Å². The molecule has 132 valence electrons. The van der Waals surface area contributed by atoms with E-state index in [1.807, 2.05) is 60.7 Å². The maximum Gasteiger partial charge on any atom is 0.471 e. The quantitative estimate of drug-likeness (QED) is 0.919. The SMILES string of the molecule is O=C(NC1CN(Cc2ccccc2)CC1c1ccccc1)C(F)(F)F. The van der Waals surface area contributed by atoms with Gasteiger partial charge >= 0.3 is 12.1 Å². The van der Waals surface area contributed by atoms with E-state index in [1.165, 1.54) is 0 Å². The van der Waals surface area contributed by atoms with Gasteiger partial charge in [0.15, 0.2) is 0 Å². The highest BCUT2D eigenvalue weighted by atomic mass is 19.4. The van der Waals surface area contributed by atoms with E-state index in [0.717, 1.165) is 11.1 Å². The van der Waals surface area contributed by atoms with E-state index >= 15 is 0 Å². The van der Waals surface area contributed by atoms with Gasteiger partial charge in [0.2, 0.25) is 0 Å². The minimum atomic E-state index is -4.87. The molecule has 2 atom stereocenters. The van der Waals surface area contributed by atoms with Crippen molar-refractivity contribution in [2.24, 2.45) is 0 Å². The van der Waals surface area contributed by atoms with Crippen molar-refractivity contribution in [1.29, 1.82) is 0 Å². The van der Waals surface area contributed by atoms with Crippen molar-refractivity contribution < 1.29 is 18.0 Å². The summed E-state index contributed by atoms with van der Waals surface area (Å²) in [7, 11) is 0. The number of amides is 1. The molecule has 1 fully saturated rings. The lowest BCUT2D eigenvalue weighted by atomic mass is 9.94. The van der Waals surface area contributed by atoms with Gasteiger partial charge in [-0.15, -0.1) is 0 Å². The Morgan fingerprint density at radius 1 is 1.00 bits per heavy atom. The highest BCUT2D eigenvalue weighted by molar-refractivity contribution is 5.82. The predicted octanol–water partition coefficient (Wildman–Crippen LogP) is 3.33. The molecular formula is C19H19F3N2O. The van der Waals surface area contributed by atoms with Crippen molar-refractivity contribution in [1.82, 2.24) is 10.2 Å². The Morgan fingerprint density at radius 2 is 1.60 bits per heavy atom. The maximum atomic E-state index is 12.7. The lowest BCUT2D eigenvalue weighted by Gasteiger charge is -2.21. The van der Waals surface area contributed by atoms with Crippen LogP contribution in [0, 0.1) is 0 Å². The highest BCUT2D eigenvalue weighted by Crippen LogP contribution is 2.29. The van der Waals surface area contributed by atoms with Crippen molar-refractivity contribution >= 4 is 5.91 Å². The van der Waals surface area contributed by atoms with E-state index < -0.39 is 18.1 Å². The molecule has 6 heteroatoms. The molecule has 0 aromatic heterocycles. The van der Waals surface area contributed by atoms with Gasteiger partial charge in [0.25, 0.3) is 0 Å². The summed E-state index contributed by atoms with van der Waals surface area (Å²) in [5.41, 5.74) is 2.03. The largest absolute Gasteiger partial charge is 0.471 e. The van der Waals surface area contributed by atoms with Crippen molar-refractivity contribution in [3.05, 3.63) is 71.8 Å². The minimum absolute atomic E-state index is 0.170. The second-order valence-corrected chi connectivity index (χ2v) is 6.27. The molecule has 3 nitrogen and oxygen atoms in total. The lowest BCUT2D eigenvalue weighted by Crippen LogP contribution is -2.46. The first-order chi connectivity index (χ1) is 11.9. The summed E-state index contributed by atoms with van der Waals surface area (Å²) in [5, 5.41) is 2.18. The first-order valence-electron chi connectivity index (χ1n) is 8.12. The Bertz CT molecular complexity index is 704. The van der Waals surface area contributed by atoms with Crippen LogP contribution in [0.3, 0.4) is 0 Å². The molecule has 2 aromatic rings. The van der Waals surface area contributed by atoms with E-state index in [1.54, 1.807) is 0 Å². The summed E-state index contributed by atoms with van der Waals surface area (Å²) in [4.78, 5) is 13.5. The molecule has 25 heavy (non-hydrogen) atoms. The first kappa shape index (κ1) is 17.5. The number of halogens is 3. The number of likely N-dealkylation sites (tertiary alicyclic amines) is 1. The second-order valence-electron chi connectivity index (χ2n) is 6.27. The van der Waals surface area contributed by atoms with Crippen molar-refractivity contribution in [2.75, 3.05) is 13.1 Å². The molecule has 0 saturated carbocycles. The van der Waals surface area contributed by atoms with Crippen molar-refractivity contribution in [3.63, 3.8) is 0 Å². The fourth-order valence-electron chi connectivity index (χ4n) is 3.29. The summed E-state index contributed by atoms with van der Waals surface area (Å²) < 4.78 is 38.0. The summed E-state index contributed by atoms with van der Waals surface area (Å²) in [5.74, 6) is -2.05. The van der Waals surface area contributed by atoms with Gasteiger partial charge in [-0.2, -0.15) is 13.2 Å². The Hall–Kier alpha value is -2.34. The van der Waals surface area contributed by atoms with Gasteiger partial charge in [0, 0.05) is 31.6 Å². The van der Waals surface area contributed by atoms with E-state index in [2.05, 4.69) is 10.2 Å².